The molecule has 3 rings (SSSR count). The van der Waals surface area contributed by atoms with Crippen molar-refractivity contribution < 1.29 is 9.21 Å². The van der Waals surface area contributed by atoms with Gasteiger partial charge in [0.2, 0.25) is 5.91 Å². The average Bonchev–Trinajstić information content (AvgIpc) is 3.17. The van der Waals surface area contributed by atoms with Crippen LogP contribution in [-0.2, 0) is 4.79 Å². The van der Waals surface area contributed by atoms with Gasteiger partial charge in [-0.25, -0.2) is 0 Å². The van der Waals surface area contributed by atoms with Crippen LogP contribution in [0.5, 0.6) is 0 Å². The van der Waals surface area contributed by atoms with E-state index in [9.17, 15) is 4.79 Å². The molecule has 0 aliphatic heterocycles. The number of carbonyl (C=O) groups is 1. The minimum Gasteiger partial charge on any atom is -0.469 e. The molecule has 0 aliphatic carbocycles. The standard InChI is InChI=1S/C18H18Cl2N4O2S/c1-10(2)24-17(15-4-5-26-11(15)3)22-23-18(24)27-9-16(25)21-14-7-12(19)6-13(20)8-14/h4-8,10H,9H2,1-3H3,(H,21,25). The second-order valence-electron chi connectivity index (χ2n) is 6.16. The van der Waals surface area contributed by atoms with Crippen molar-refractivity contribution in [1.29, 1.82) is 0 Å². The first-order valence-electron chi connectivity index (χ1n) is 8.23. The van der Waals surface area contributed by atoms with Crippen LogP contribution in [0, 0.1) is 6.92 Å². The summed E-state index contributed by atoms with van der Waals surface area (Å²) in [6.45, 7) is 5.96. The molecule has 0 unspecified atom stereocenters. The maximum atomic E-state index is 12.3. The molecule has 1 N–H and O–H groups in total. The molecule has 0 bridgehead atoms. The zero-order chi connectivity index (χ0) is 19.6. The van der Waals surface area contributed by atoms with E-state index in [0.29, 0.717) is 20.9 Å². The van der Waals surface area contributed by atoms with Gasteiger partial charge in [0.25, 0.3) is 0 Å². The number of hydrogen-bond acceptors (Lipinski definition) is 5. The van der Waals surface area contributed by atoms with Gasteiger partial charge in [-0.3, -0.25) is 9.36 Å². The third-order valence-corrected chi connectivity index (χ3v) is 5.14. The molecule has 142 valence electrons. The Morgan fingerprint density at radius 1 is 1.26 bits per heavy atom. The van der Waals surface area contributed by atoms with Gasteiger partial charge in [0.15, 0.2) is 11.0 Å². The van der Waals surface area contributed by atoms with Crippen molar-refractivity contribution in [3.8, 4) is 11.4 Å². The highest BCUT2D eigenvalue weighted by molar-refractivity contribution is 7.99. The van der Waals surface area contributed by atoms with E-state index in [1.54, 1.807) is 24.5 Å². The van der Waals surface area contributed by atoms with Crippen molar-refractivity contribution in [2.75, 3.05) is 11.1 Å². The maximum absolute atomic E-state index is 12.3. The molecular formula is C18H18Cl2N4O2S. The normalized spacial score (nSPS) is 11.2. The molecule has 0 radical (unpaired) electrons. The first-order chi connectivity index (χ1) is 12.8. The van der Waals surface area contributed by atoms with Gasteiger partial charge in [0.1, 0.15) is 5.76 Å². The third kappa shape index (κ3) is 4.66. The van der Waals surface area contributed by atoms with Gasteiger partial charge in [-0.15, -0.1) is 10.2 Å². The topological polar surface area (TPSA) is 72.9 Å². The first kappa shape index (κ1) is 19.8. The lowest BCUT2D eigenvalue weighted by Gasteiger charge is -2.13. The van der Waals surface area contributed by atoms with Crippen LogP contribution in [0.25, 0.3) is 11.4 Å². The zero-order valence-corrected chi connectivity index (χ0v) is 17.3. The Hall–Kier alpha value is -1.96. The van der Waals surface area contributed by atoms with Crippen molar-refractivity contribution in [2.45, 2.75) is 32.0 Å². The summed E-state index contributed by atoms with van der Waals surface area (Å²) < 4.78 is 7.37. The number of anilines is 1. The third-order valence-electron chi connectivity index (χ3n) is 3.76. The van der Waals surface area contributed by atoms with E-state index in [2.05, 4.69) is 15.5 Å². The number of aryl methyl sites for hydroxylation is 1. The molecule has 0 aliphatic rings. The van der Waals surface area contributed by atoms with Crippen LogP contribution in [0.15, 0.2) is 40.1 Å². The Morgan fingerprint density at radius 2 is 1.96 bits per heavy atom. The van der Waals surface area contributed by atoms with Gasteiger partial charge in [-0.2, -0.15) is 0 Å². The molecule has 1 aromatic carbocycles. The second kappa shape index (κ2) is 8.37. The van der Waals surface area contributed by atoms with E-state index in [1.807, 2.05) is 31.4 Å². The highest BCUT2D eigenvalue weighted by Gasteiger charge is 2.20. The van der Waals surface area contributed by atoms with Crippen molar-refractivity contribution in [3.05, 3.63) is 46.3 Å². The predicted octanol–water partition coefficient (Wildman–Crippen LogP) is 5.47. The highest BCUT2D eigenvalue weighted by atomic mass is 35.5. The van der Waals surface area contributed by atoms with Crippen molar-refractivity contribution in [2.24, 2.45) is 0 Å². The number of aromatic nitrogens is 3. The largest absolute Gasteiger partial charge is 0.469 e. The first-order valence-corrected chi connectivity index (χ1v) is 9.97. The van der Waals surface area contributed by atoms with Crippen LogP contribution in [-0.4, -0.2) is 26.4 Å². The van der Waals surface area contributed by atoms with Gasteiger partial charge >= 0.3 is 0 Å². The summed E-state index contributed by atoms with van der Waals surface area (Å²) in [4.78, 5) is 12.3. The number of halogens is 2. The van der Waals surface area contributed by atoms with Gasteiger partial charge in [0, 0.05) is 21.8 Å². The SMILES string of the molecule is Cc1occc1-c1nnc(SCC(=O)Nc2cc(Cl)cc(Cl)c2)n1C(C)C. The number of rotatable bonds is 6. The lowest BCUT2D eigenvalue weighted by molar-refractivity contribution is -0.113. The van der Waals surface area contributed by atoms with E-state index in [0.717, 1.165) is 17.1 Å². The number of carbonyl (C=O) groups excluding carboxylic acids is 1. The van der Waals surface area contributed by atoms with Gasteiger partial charge in [0.05, 0.1) is 17.6 Å². The smallest absolute Gasteiger partial charge is 0.234 e. The minimum absolute atomic E-state index is 0.126. The number of benzene rings is 1. The number of hydrogen-bond donors (Lipinski definition) is 1. The van der Waals surface area contributed by atoms with E-state index >= 15 is 0 Å². The monoisotopic (exact) mass is 424 g/mol. The van der Waals surface area contributed by atoms with E-state index < -0.39 is 0 Å². The summed E-state index contributed by atoms with van der Waals surface area (Å²) in [5.41, 5.74) is 1.44. The fraction of sp³-hybridized carbons (Fsp3) is 0.278. The van der Waals surface area contributed by atoms with E-state index in [4.69, 9.17) is 27.6 Å². The Bertz CT molecular complexity index is 948. The van der Waals surface area contributed by atoms with E-state index in [-0.39, 0.29) is 17.7 Å². The summed E-state index contributed by atoms with van der Waals surface area (Å²) in [5, 5.41) is 12.9. The predicted molar refractivity (Wildman–Crippen MR) is 109 cm³/mol. The van der Waals surface area contributed by atoms with Crippen LogP contribution < -0.4 is 5.32 Å². The van der Waals surface area contributed by atoms with Crippen LogP contribution >= 0.6 is 35.0 Å². The molecule has 6 nitrogen and oxygen atoms in total. The number of nitrogens with zero attached hydrogens (tertiary/aromatic N) is 3. The quantitative estimate of drug-likeness (QED) is 0.531. The molecule has 3 aromatic rings. The number of furan rings is 1. The molecular weight excluding hydrogens is 407 g/mol. The molecule has 9 heteroatoms. The van der Waals surface area contributed by atoms with Gasteiger partial charge in [-0.05, 0) is 45.0 Å². The van der Waals surface area contributed by atoms with Gasteiger partial charge in [-0.1, -0.05) is 35.0 Å². The molecule has 2 aromatic heterocycles. The number of nitrogens with one attached hydrogen (secondary N) is 1. The Kier molecular flexibility index (Phi) is 6.14. The second-order valence-corrected chi connectivity index (χ2v) is 7.97. The average molecular weight is 425 g/mol. The minimum atomic E-state index is -0.183. The fourth-order valence-electron chi connectivity index (χ4n) is 2.59. The van der Waals surface area contributed by atoms with Crippen molar-refractivity contribution in [3.63, 3.8) is 0 Å². The van der Waals surface area contributed by atoms with Crippen molar-refractivity contribution >= 4 is 46.6 Å². The van der Waals surface area contributed by atoms with E-state index in [1.165, 1.54) is 11.8 Å². The summed E-state index contributed by atoms with van der Waals surface area (Å²) in [5.74, 6) is 1.49. The molecule has 2 heterocycles. The van der Waals surface area contributed by atoms with Crippen molar-refractivity contribution in [1.82, 2.24) is 14.8 Å². The molecule has 0 saturated heterocycles. The van der Waals surface area contributed by atoms with Crippen LogP contribution in [0.1, 0.15) is 25.6 Å². The Morgan fingerprint density at radius 3 is 2.56 bits per heavy atom. The Balaban J connectivity index is 1.73. The molecule has 0 saturated carbocycles. The number of thioether (sulfide) groups is 1. The lowest BCUT2D eigenvalue weighted by atomic mass is 10.2. The van der Waals surface area contributed by atoms with Gasteiger partial charge < -0.3 is 9.73 Å². The molecule has 27 heavy (non-hydrogen) atoms. The molecule has 0 fully saturated rings. The van der Waals surface area contributed by atoms with Crippen LogP contribution in [0.2, 0.25) is 10.0 Å². The summed E-state index contributed by atoms with van der Waals surface area (Å²) in [6.07, 6.45) is 1.63. The summed E-state index contributed by atoms with van der Waals surface area (Å²) >= 11 is 13.2. The summed E-state index contributed by atoms with van der Waals surface area (Å²) in [7, 11) is 0. The Labute approximate surface area is 171 Å². The lowest BCUT2D eigenvalue weighted by Crippen LogP contribution is -2.15. The molecule has 1 amide bonds. The van der Waals surface area contributed by atoms with Crippen LogP contribution in [0.3, 0.4) is 0 Å². The summed E-state index contributed by atoms with van der Waals surface area (Å²) in [6, 6.07) is 6.89. The maximum Gasteiger partial charge on any atom is 0.234 e. The number of amides is 1. The zero-order valence-electron chi connectivity index (χ0n) is 15.0. The molecule has 0 spiro atoms. The molecule has 0 atom stereocenters. The van der Waals surface area contributed by atoms with Crippen LogP contribution in [0.4, 0.5) is 5.69 Å². The highest BCUT2D eigenvalue weighted by Crippen LogP contribution is 2.30. The fourth-order valence-corrected chi connectivity index (χ4v) is 3.99.